The number of benzene rings is 1. The lowest BCUT2D eigenvalue weighted by Crippen LogP contribution is -2.59. The smallest absolute Gasteiger partial charge is 0.272 e. The minimum absolute atomic E-state index is 0.0564. The van der Waals surface area contributed by atoms with Crippen LogP contribution in [0, 0.1) is 10.1 Å². The number of rotatable bonds is 4. The molecule has 1 aromatic rings. The minimum Gasteiger partial charge on any atom is -0.341 e. The molecule has 2 saturated carbocycles. The van der Waals surface area contributed by atoms with E-state index in [1.54, 1.807) is 12.1 Å². The van der Waals surface area contributed by atoms with Crippen molar-refractivity contribution in [1.29, 1.82) is 0 Å². The number of amides is 1. The standard InChI is InChI=1S/C25H31N3O8/c29-22(27-26-15-16-8-7-9-17(14-16)28(30)31)20-18-19(34-24(33-18)10-3-1-4-11-24)21-23(32-20)36-25(35-21)12-5-2-6-13-25/h7-9,14-15,18-21,23H,1-6,10-13H2,(H,27,29)/b26-15-/t18-,19+,20-,21-,23+/m1/s1. The number of hydrazone groups is 1. The normalized spacial score (nSPS) is 34.5. The Balaban J connectivity index is 1.20. The number of hydrogen-bond donors (Lipinski definition) is 1. The molecule has 1 amide bonds. The Morgan fingerprint density at radius 3 is 2.28 bits per heavy atom. The van der Waals surface area contributed by atoms with Gasteiger partial charge in [-0.25, -0.2) is 5.43 Å². The summed E-state index contributed by atoms with van der Waals surface area (Å²) in [4.78, 5) is 23.8. The first-order valence-electron chi connectivity index (χ1n) is 12.9. The average Bonchev–Trinajstić information content (AvgIpc) is 3.42. The first kappa shape index (κ1) is 23.9. The first-order chi connectivity index (χ1) is 17.5. The number of nitro benzene ring substituents is 1. The molecule has 3 heterocycles. The van der Waals surface area contributed by atoms with Crippen molar-refractivity contribution in [2.24, 2.45) is 5.10 Å². The maximum absolute atomic E-state index is 13.2. The summed E-state index contributed by atoms with van der Waals surface area (Å²) in [5.74, 6) is -1.92. The van der Waals surface area contributed by atoms with E-state index in [-0.39, 0.29) is 5.69 Å². The average molecular weight is 502 g/mol. The van der Waals surface area contributed by atoms with Crippen LogP contribution in [0.3, 0.4) is 0 Å². The number of fused-ring (bicyclic) bond motifs is 3. The van der Waals surface area contributed by atoms with E-state index in [1.807, 2.05) is 0 Å². The third kappa shape index (κ3) is 4.43. The second-order valence-electron chi connectivity index (χ2n) is 10.3. The molecule has 5 aliphatic rings. The van der Waals surface area contributed by atoms with E-state index in [1.165, 1.54) is 18.3 Å². The molecule has 0 radical (unpaired) electrons. The van der Waals surface area contributed by atoms with Crippen LogP contribution in [0.5, 0.6) is 0 Å². The predicted octanol–water partition coefficient (Wildman–Crippen LogP) is 3.29. The zero-order valence-corrected chi connectivity index (χ0v) is 20.0. The lowest BCUT2D eigenvalue weighted by molar-refractivity contribution is -0.384. The molecule has 1 aromatic carbocycles. The van der Waals surface area contributed by atoms with Crippen molar-refractivity contribution in [3.63, 3.8) is 0 Å². The van der Waals surface area contributed by atoms with Gasteiger partial charge in [0, 0.05) is 43.4 Å². The van der Waals surface area contributed by atoms with Crippen molar-refractivity contribution in [3.8, 4) is 0 Å². The number of carbonyl (C=O) groups is 1. The third-order valence-corrected chi connectivity index (χ3v) is 7.84. The molecule has 5 atom stereocenters. The van der Waals surface area contributed by atoms with E-state index in [4.69, 9.17) is 23.7 Å². The number of carbonyl (C=O) groups excluding carboxylic acids is 1. The zero-order chi connectivity index (χ0) is 24.8. The number of ether oxygens (including phenoxy) is 5. The van der Waals surface area contributed by atoms with E-state index >= 15 is 0 Å². The van der Waals surface area contributed by atoms with Crippen molar-refractivity contribution < 1.29 is 33.4 Å². The topological polar surface area (TPSA) is 131 Å². The molecule has 11 nitrogen and oxygen atoms in total. The van der Waals surface area contributed by atoms with Crippen LogP contribution in [0.4, 0.5) is 5.69 Å². The number of nitrogens with one attached hydrogen (secondary N) is 1. The first-order valence-corrected chi connectivity index (χ1v) is 12.9. The SMILES string of the molecule is O=C(N/N=C\c1cccc([N+](=O)[O-])c1)[C@@H]1O[C@H]2OC3(CCCCC3)O[C@@H]2[C@H]2OC3(CCCCC3)O[C@H]21. The van der Waals surface area contributed by atoms with Gasteiger partial charge in [-0.15, -0.1) is 0 Å². The summed E-state index contributed by atoms with van der Waals surface area (Å²) in [6, 6.07) is 5.99. The maximum Gasteiger partial charge on any atom is 0.272 e. The number of hydrogen-bond acceptors (Lipinski definition) is 9. The molecule has 1 N–H and O–H groups in total. The molecule has 194 valence electrons. The van der Waals surface area contributed by atoms with Crippen molar-refractivity contribution in [1.82, 2.24) is 5.43 Å². The molecule has 2 aliphatic carbocycles. The van der Waals surface area contributed by atoms with Crippen molar-refractivity contribution in [2.75, 3.05) is 0 Å². The van der Waals surface area contributed by atoms with Gasteiger partial charge in [0.2, 0.25) is 0 Å². The Hall–Kier alpha value is -2.44. The van der Waals surface area contributed by atoms with Crippen LogP contribution >= 0.6 is 0 Å². The lowest BCUT2D eigenvalue weighted by Gasteiger charge is -2.36. The summed E-state index contributed by atoms with van der Waals surface area (Å²) in [6.07, 6.45) is 7.44. The van der Waals surface area contributed by atoms with E-state index < -0.39 is 53.1 Å². The van der Waals surface area contributed by atoms with Crippen LogP contribution in [-0.2, 0) is 28.5 Å². The van der Waals surface area contributed by atoms with Gasteiger partial charge in [-0.05, 0) is 25.7 Å². The van der Waals surface area contributed by atoms with Gasteiger partial charge in [-0.1, -0.05) is 25.0 Å². The monoisotopic (exact) mass is 501 g/mol. The molecule has 2 spiro atoms. The van der Waals surface area contributed by atoms with Crippen LogP contribution in [0.2, 0.25) is 0 Å². The van der Waals surface area contributed by atoms with Gasteiger partial charge >= 0.3 is 0 Å². The summed E-state index contributed by atoms with van der Waals surface area (Å²) in [5, 5.41) is 15.0. The molecule has 5 fully saturated rings. The highest BCUT2D eigenvalue weighted by Crippen LogP contribution is 2.50. The quantitative estimate of drug-likeness (QED) is 0.378. The van der Waals surface area contributed by atoms with E-state index in [2.05, 4.69) is 10.5 Å². The molecule has 0 aromatic heterocycles. The van der Waals surface area contributed by atoms with Gasteiger partial charge in [0.05, 0.1) is 11.1 Å². The Morgan fingerprint density at radius 2 is 1.58 bits per heavy atom. The Morgan fingerprint density at radius 1 is 0.944 bits per heavy atom. The van der Waals surface area contributed by atoms with Gasteiger partial charge in [0.25, 0.3) is 11.6 Å². The largest absolute Gasteiger partial charge is 0.341 e. The van der Waals surface area contributed by atoms with E-state index in [0.29, 0.717) is 5.56 Å². The highest BCUT2D eigenvalue weighted by molar-refractivity contribution is 5.85. The lowest BCUT2D eigenvalue weighted by atomic mass is 9.94. The zero-order valence-electron chi connectivity index (χ0n) is 20.0. The summed E-state index contributed by atoms with van der Waals surface area (Å²) in [7, 11) is 0. The fourth-order valence-electron chi connectivity index (χ4n) is 6.12. The fraction of sp³-hybridized carbons (Fsp3) is 0.680. The maximum atomic E-state index is 13.2. The third-order valence-electron chi connectivity index (χ3n) is 7.84. The Bertz CT molecular complexity index is 1040. The van der Waals surface area contributed by atoms with Gasteiger partial charge in [0.15, 0.2) is 24.0 Å². The Kier molecular flexibility index (Phi) is 6.29. The van der Waals surface area contributed by atoms with Gasteiger partial charge < -0.3 is 23.7 Å². The highest BCUT2D eigenvalue weighted by Gasteiger charge is 2.65. The van der Waals surface area contributed by atoms with E-state index in [0.717, 1.165) is 64.2 Å². The van der Waals surface area contributed by atoms with Gasteiger partial charge in [-0.2, -0.15) is 5.10 Å². The van der Waals surface area contributed by atoms with Crippen LogP contribution in [0.1, 0.15) is 69.8 Å². The summed E-state index contributed by atoms with van der Waals surface area (Å²) >= 11 is 0. The second-order valence-corrected chi connectivity index (χ2v) is 10.3. The molecule has 3 aliphatic heterocycles. The van der Waals surface area contributed by atoms with Gasteiger partial charge in [-0.3, -0.25) is 14.9 Å². The van der Waals surface area contributed by atoms with Crippen molar-refractivity contribution >= 4 is 17.8 Å². The number of non-ortho nitro benzene ring substituents is 1. The molecule has 6 rings (SSSR count). The molecular formula is C25H31N3O8. The molecule has 36 heavy (non-hydrogen) atoms. The van der Waals surface area contributed by atoms with Crippen LogP contribution in [-0.4, -0.2) is 59.3 Å². The summed E-state index contributed by atoms with van der Waals surface area (Å²) < 4.78 is 31.9. The van der Waals surface area contributed by atoms with Crippen molar-refractivity contribution in [2.45, 2.75) is 106 Å². The van der Waals surface area contributed by atoms with Crippen LogP contribution < -0.4 is 5.43 Å². The second kappa shape index (κ2) is 9.46. The summed E-state index contributed by atoms with van der Waals surface area (Å²) in [5.41, 5.74) is 2.94. The van der Waals surface area contributed by atoms with Gasteiger partial charge in [0.1, 0.15) is 18.3 Å². The molecule has 0 unspecified atom stereocenters. The molecule has 0 bridgehead atoms. The van der Waals surface area contributed by atoms with Crippen molar-refractivity contribution in [3.05, 3.63) is 39.9 Å². The molecular weight excluding hydrogens is 470 g/mol. The van der Waals surface area contributed by atoms with E-state index in [9.17, 15) is 14.9 Å². The predicted molar refractivity (Wildman–Crippen MR) is 125 cm³/mol. The van der Waals surface area contributed by atoms with Crippen LogP contribution in [0.15, 0.2) is 29.4 Å². The number of nitro groups is 1. The fourth-order valence-corrected chi connectivity index (χ4v) is 6.12. The number of nitrogens with zero attached hydrogens (tertiary/aromatic N) is 2. The molecule has 3 saturated heterocycles. The highest BCUT2D eigenvalue weighted by atomic mass is 16.9. The summed E-state index contributed by atoms with van der Waals surface area (Å²) in [6.45, 7) is 0. The Labute approximate surface area is 208 Å². The molecule has 11 heteroatoms. The minimum atomic E-state index is -0.998. The van der Waals surface area contributed by atoms with Crippen LogP contribution in [0.25, 0.3) is 0 Å².